The molecular weight excluding hydrogens is 372 g/mol. The highest BCUT2D eigenvalue weighted by atomic mass is 79.9. The van der Waals surface area contributed by atoms with Crippen LogP contribution in [0.1, 0.15) is 18.7 Å². The van der Waals surface area contributed by atoms with Crippen molar-refractivity contribution < 1.29 is 9.32 Å². The van der Waals surface area contributed by atoms with E-state index in [2.05, 4.69) is 31.0 Å². The van der Waals surface area contributed by atoms with E-state index in [1.54, 1.807) is 4.90 Å². The molecule has 1 aromatic carbocycles. The van der Waals surface area contributed by atoms with Gasteiger partial charge in [-0.1, -0.05) is 21.1 Å². The summed E-state index contributed by atoms with van der Waals surface area (Å²) in [5.41, 5.74) is 0.934. The standard InChI is InChI=1S/C17H21BrN4O2/c1-21(2)17(23)13-7-9-22(10-8-13)11-15-19-16(20-24-15)12-3-5-14(18)6-4-12/h3-6,13H,7-11H2,1-2H3. The van der Waals surface area contributed by atoms with Gasteiger partial charge in [-0.3, -0.25) is 9.69 Å². The Morgan fingerprint density at radius 2 is 1.96 bits per heavy atom. The van der Waals surface area contributed by atoms with Gasteiger partial charge in [0.25, 0.3) is 0 Å². The molecule has 0 atom stereocenters. The van der Waals surface area contributed by atoms with Gasteiger partial charge < -0.3 is 9.42 Å². The maximum absolute atomic E-state index is 12.0. The van der Waals surface area contributed by atoms with E-state index in [4.69, 9.17) is 4.52 Å². The normalized spacial score (nSPS) is 16.3. The molecule has 1 saturated heterocycles. The topological polar surface area (TPSA) is 62.5 Å². The van der Waals surface area contributed by atoms with Crippen LogP contribution in [-0.2, 0) is 11.3 Å². The second-order valence-electron chi connectivity index (χ2n) is 6.30. The van der Waals surface area contributed by atoms with Crippen molar-refractivity contribution in [2.45, 2.75) is 19.4 Å². The number of halogens is 1. The molecule has 7 heteroatoms. The number of hydrogen-bond donors (Lipinski definition) is 0. The summed E-state index contributed by atoms with van der Waals surface area (Å²) >= 11 is 3.41. The summed E-state index contributed by atoms with van der Waals surface area (Å²) in [6.07, 6.45) is 1.76. The van der Waals surface area contributed by atoms with Crippen molar-refractivity contribution in [3.63, 3.8) is 0 Å². The van der Waals surface area contributed by atoms with Crippen molar-refractivity contribution >= 4 is 21.8 Å². The summed E-state index contributed by atoms with van der Waals surface area (Å²) in [5, 5.41) is 4.06. The number of rotatable bonds is 4. The lowest BCUT2D eigenvalue weighted by Crippen LogP contribution is -2.39. The summed E-state index contributed by atoms with van der Waals surface area (Å²) in [6, 6.07) is 7.82. The molecule has 3 rings (SSSR count). The molecule has 2 heterocycles. The van der Waals surface area contributed by atoms with Crippen LogP contribution >= 0.6 is 15.9 Å². The van der Waals surface area contributed by atoms with Crippen molar-refractivity contribution in [2.75, 3.05) is 27.2 Å². The quantitative estimate of drug-likeness (QED) is 0.800. The van der Waals surface area contributed by atoms with E-state index in [0.717, 1.165) is 36.0 Å². The van der Waals surface area contributed by atoms with Crippen LogP contribution in [-0.4, -0.2) is 53.0 Å². The van der Waals surface area contributed by atoms with Crippen LogP contribution in [0.5, 0.6) is 0 Å². The molecule has 0 bridgehead atoms. The molecule has 2 aromatic rings. The summed E-state index contributed by atoms with van der Waals surface area (Å²) < 4.78 is 6.39. The number of aromatic nitrogens is 2. The van der Waals surface area contributed by atoms with Gasteiger partial charge in [0, 0.05) is 30.0 Å². The fourth-order valence-electron chi connectivity index (χ4n) is 2.93. The van der Waals surface area contributed by atoms with Crippen molar-refractivity contribution in [2.24, 2.45) is 5.92 Å². The van der Waals surface area contributed by atoms with E-state index in [1.807, 2.05) is 38.4 Å². The average Bonchev–Trinajstić information content (AvgIpc) is 3.04. The van der Waals surface area contributed by atoms with Gasteiger partial charge in [-0.05, 0) is 50.2 Å². The van der Waals surface area contributed by atoms with Crippen LogP contribution in [0, 0.1) is 5.92 Å². The highest BCUT2D eigenvalue weighted by Crippen LogP contribution is 2.22. The van der Waals surface area contributed by atoms with E-state index in [1.165, 1.54) is 0 Å². The van der Waals surface area contributed by atoms with Gasteiger partial charge in [-0.15, -0.1) is 0 Å². The maximum atomic E-state index is 12.0. The van der Waals surface area contributed by atoms with Crippen LogP contribution < -0.4 is 0 Å². The van der Waals surface area contributed by atoms with Crippen molar-refractivity contribution in [3.8, 4) is 11.4 Å². The lowest BCUT2D eigenvalue weighted by molar-refractivity contribution is -0.134. The molecule has 0 unspecified atom stereocenters. The lowest BCUT2D eigenvalue weighted by Gasteiger charge is -2.31. The van der Waals surface area contributed by atoms with E-state index < -0.39 is 0 Å². The van der Waals surface area contributed by atoms with E-state index in [0.29, 0.717) is 18.3 Å². The van der Waals surface area contributed by atoms with Crippen molar-refractivity contribution in [3.05, 3.63) is 34.6 Å². The Morgan fingerprint density at radius 3 is 2.58 bits per heavy atom. The molecule has 1 fully saturated rings. The second-order valence-corrected chi connectivity index (χ2v) is 7.22. The van der Waals surface area contributed by atoms with Crippen molar-refractivity contribution in [1.82, 2.24) is 19.9 Å². The third-order valence-electron chi connectivity index (χ3n) is 4.31. The zero-order valence-electron chi connectivity index (χ0n) is 13.9. The minimum absolute atomic E-state index is 0.136. The van der Waals surface area contributed by atoms with E-state index >= 15 is 0 Å². The molecule has 1 aliphatic rings. The molecule has 128 valence electrons. The summed E-state index contributed by atoms with van der Waals surface area (Å²) in [6.45, 7) is 2.38. The molecular formula is C17H21BrN4O2. The van der Waals surface area contributed by atoms with Gasteiger partial charge in [0.05, 0.1) is 6.54 Å². The zero-order valence-corrected chi connectivity index (χ0v) is 15.5. The molecule has 1 aromatic heterocycles. The number of carbonyl (C=O) groups is 1. The Hall–Kier alpha value is -1.73. The Morgan fingerprint density at radius 1 is 1.29 bits per heavy atom. The summed E-state index contributed by atoms with van der Waals surface area (Å²) in [5.74, 6) is 1.59. The fourth-order valence-corrected chi connectivity index (χ4v) is 3.19. The molecule has 0 radical (unpaired) electrons. The summed E-state index contributed by atoms with van der Waals surface area (Å²) in [4.78, 5) is 20.4. The molecule has 0 saturated carbocycles. The molecule has 1 amide bonds. The number of amides is 1. The van der Waals surface area contributed by atoms with Crippen LogP contribution in [0.25, 0.3) is 11.4 Å². The highest BCUT2D eigenvalue weighted by Gasteiger charge is 2.26. The molecule has 6 nitrogen and oxygen atoms in total. The third-order valence-corrected chi connectivity index (χ3v) is 4.84. The molecule has 24 heavy (non-hydrogen) atoms. The van der Waals surface area contributed by atoms with E-state index in [-0.39, 0.29) is 11.8 Å². The van der Waals surface area contributed by atoms with Gasteiger partial charge in [0.1, 0.15) is 0 Å². The number of piperidine rings is 1. The predicted octanol–water partition coefficient (Wildman–Crippen LogP) is 2.80. The van der Waals surface area contributed by atoms with Crippen LogP contribution in [0.2, 0.25) is 0 Å². The largest absolute Gasteiger partial charge is 0.349 e. The Balaban J connectivity index is 1.56. The fraction of sp³-hybridized carbons (Fsp3) is 0.471. The third kappa shape index (κ3) is 4.02. The minimum Gasteiger partial charge on any atom is -0.349 e. The number of benzene rings is 1. The first-order valence-electron chi connectivity index (χ1n) is 8.05. The maximum Gasteiger partial charge on any atom is 0.241 e. The molecule has 0 N–H and O–H groups in total. The predicted molar refractivity (Wildman–Crippen MR) is 94.1 cm³/mol. The summed E-state index contributed by atoms with van der Waals surface area (Å²) in [7, 11) is 3.63. The Kier molecular flexibility index (Phi) is 5.30. The molecule has 0 spiro atoms. The van der Waals surface area contributed by atoms with Gasteiger partial charge in [0.2, 0.25) is 17.6 Å². The number of nitrogens with zero attached hydrogens (tertiary/aromatic N) is 4. The SMILES string of the molecule is CN(C)C(=O)C1CCN(Cc2nc(-c3ccc(Br)cc3)no2)CC1. The van der Waals surface area contributed by atoms with Crippen LogP contribution in [0.15, 0.2) is 33.3 Å². The number of carbonyl (C=O) groups excluding carboxylic acids is 1. The highest BCUT2D eigenvalue weighted by molar-refractivity contribution is 9.10. The van der Waals surface area contributed by atoms with Gasteiger partial charge >= 0.3 is 0 Å². The Labute approximate surface area is 150 Å². The first-order chi connectivity index (χ1) is 11.5. The molecule has 0 aliphatic carbocycles. The number of likely N-dealkylation sites (tertiary alicyclic amines) is 1. The van der Waals surface area contributed by atoms with Gasteiger partial charge in [-0.2, -0.15) is 4.98 Å². The van der Waals surface area contributed by atoms with E-state index in [9.17, 15) is 4.79 Å². The minimum atomic E-state index is 0.136. The monoisotopic (exact) mass is 392 g/mol. The zero-order chi connectivity index (χ0) is 17.1. The van der Waals surface area contributed by atoms with Crippen molar-refractivity contribution in [1.29, 1.82) is 0 Å². The van der Waals surface area contributed by atoms with Gasteiger partial charge in [0.15, 0.2) is 0 Å². The first kappa shape index (κ1) is 17.1. The Bertz CT molecular complexity index is 691. The second kappa shape index (κ2) is 7.44. The molecule has 1 aliphatic heterocycles. The van der Waals surface area contributed by atoms with Crippen LogP contribution in [0.4, 0.5) is 0 Å². The lowest BCUT2D eigenvalue weighted by atomic mass is 9.95. The number of hydrogen-bond acceptors (Lipinski definition) is 5. The van der Waals surface area contributed by atoms with Gasteiger partial charge in [-0.25, -0.2) is 0 Å². The first-order valence-corrected chi connectivity index (χ1v) is 8.84. The smallest absolute Gasteiger partial charge is 0.241 e. The average molecular weight is 393 g/mol. The van der Waals surface area contributed by atoms with Crippen LogP contribution in [0.3, 0.4) is 0 Å².